The van der Waals surface area contributed by atoms with Crippen LogP contribution in [0, 0.1) is 0 Å². The molecule has 0 aromatic heterocycles. The first-order valence-corrected chi connectivity index (χ1v) is 9.70. The number of hydrogen-bond acceptors (Lipinski definition) is 4. The van der Waals surface area contributed by atoms with E-state index in [4.69, 9.17) is 4.74 Å². The third-order valence-corrected chi connectivity index (χ3v) is 4.30. The van der Waals surface area contributed by atoms with Gasteiger partial charge in [0.05, 0.1) is 18.7 Å². The number of guanidine groups is 1. The van der Waals surface area contributed by atoms with Crippen LogP contribution < -0.4 is 10.6 Å². The number of amides is 1. The molecule has 1 aliphatic heterocycles. The molecular formula is C20H30N4O3. The van der Waals surface area contributed by atoms with Gasteiger partial charge in [-0.25, -0.2) is 9.79 Å². The molecule has 0 aliphatic carbocycles. The smallest absolute Gasteiger partial charge is 0.338 e. The van der Waals surface area contributed by atoms with E-state index in [-0.39, 0.29) is 11.9 Å². The SMILES string of the molecule is CCNC(=NCc1ccc(C(=O)OCC)cc1)NCCCN1CCCC1=O. The van der Waals surface area contributed by atoms with Crippen molar-refractivity contribution < 1.29 is 14.3 Å². The Balaban J connectivity index is 1.79. The summed E-state index contributed by atoms with van der Waals surface area (Å²) in [6.07, 6.45) is 2.56. The van der Waals surface area contributed by atoms with Gasteiger partial charge in [-0.05, 0) is 44.4 Å². The van der Waals surface area contributed by atoms with Gasteiger partial charge in [-0.3, -0.25) is 4.79 Å². The largest absolute Gasteiger partial charge is 0.462 e. The van der Waals surface area contributed by atoms with Crippen molar-refractivity contribution in [3.05, 3.63) is 35.4 Å². The Labute approximate surface area is 161 Å². The maximum atomic E-state index is 11.7. The second-order valence-electron chi connectivity index (χ2n) is 6.38. The Kier molecular flexibility index (Phi) is 8.61. The molecule has 2 rings (SSSR count). The number of carbonyl (C=O) groups excluding carboxylic acids is 2. The van der Waals surface area contributed by atoms with Crippen LogP contribution in [0.1, 0.15) is 49.0 Å². The second kappa shape index (κ2) is 11.2. The molecular weight excluding hydrogens is 344 g/mol. The highest BCUT2D eigenvalue weighted by atomic mass is 16.5. The van der Waals surface area contributed by atoms with Crippen LogP contribution >= 0.6 is 0 Å². The molecule has 1 saturated heterocycles. The molecule has 0 atom stereocenters. The summed E-state index contributed by atoms with van der Waals surface area (Å²) in [5.74, 6) is 0.709. The van der Waals surface area contributed by atoms with Crippen molar-refractivity contribution in [1.82, 2.24) is 15.5 Å². The number of benzene rings is 1. The molecule has 2 N–H and O–H groups in total. The summed E-state index contributed by atoms with van der Waals surface area (Å²) in [5, 5.41) is 6.52. The molecule has 1 aliphatic rings. The second-order valence-corrected chi connectivity index (χ2v) is 6.38. The standard InChI is InChI=1S/C20H30N4O3/c1-3-21-20(22-12-6-14-24-13-5-7-18(24)25)23-15-16-8-10-17(11-9-16)19(26)27-4-2/h8-11H,3-7,12-15H2,1-2H3,(H2,21,22,23). The zero-order valence-electron chi connectivity index (χ0n) is 16.3. The summed E-state index contributed by atoms with van der Waals surface area (Å²) in [4.78, 5) is 29.8. The number of aliphatic imine (C=N–C) groups is 1. The van der Waals surface area contributed by atoms with Crippen LogP contribution in [-0.2, 0) is 16.1 Å². The number of nitrogens with one attached hydrogen (secondary N) is 2. The Hall–Kier alpha value is -2.57. The van der Waals surface area contributed by atoms with Crippen LogP contribution in [0.3, 0.4) is 0 Å². The first-order valence-electron chi connectivity index (χ1n) is 9.70. The number of esters is 1. The molecule has 7 heteroatoms. The third-order valence-electron chi connectivity index (χ3n) is 4.30. The third kappa shape index (κ3) is 6.92. The van der Waals surface area contributed by atoms with Crippen molar-refractivity contribution in [2.24, 2.45) is 4.99 Å². The molecule has 0 radical (unpaired) electrons. The molecule has 27 heavy (non-hydrogen) atoms. The molecule has 7 nitrogen and oxygen atoms in total. The van der Waals surface area contributed by atoms with Crippen molar-refractivity contribution in [3.8, 4) is 0 Å². The van der Waals surface area contributed by atoms with Gasteiger partial charge in [-0.1, -0.05) is 12.1 Å². The van der Waals surface area contributed by atoms with E-state index in [9.17, 15) is 9.59 Å². The molecule has 1 heterocycles. The van der Waals surface area contributed by atoms with Crippen LogP contribution in [0.25, 0.3) is 0 Å². The van der Waals surface area contributed by atoms with Gasteiger partial charge in [0.25, 0.3) is 0 Å². The number of likely N-dealkylation sites (tertiary alicyclic amines) is 1. The van der Waals surface area contributed by atoms with E-state index in [1.54, 1.807) is 19.1 Å². The van der Waals surface area contributed by atoms with Crippen molar-refractivity contribution >= 4 is 17.8 Å². The van der Waals surface area contributed by atoms with Gasteiger partial charge in [0.2, 0.25) is 5.91 Å². The average Bonchev–Trinajstić information content (AvgIpc) is 3.08. The van der Waals surface area contributed by atoms with E-state index in [0.717, 1.165) is 50.5 Å². The van der Waals surface area contributed by atoms with Gasteiger partial charge in [-0.15, -0.1) is 0 Å². The quantitative estimate of drug-likeness (QED) is 0.299. The van der Waals surface area contributed by atoms with Gasteiger partial charge in [0.15, 0.2) is 5.96 Å². The van der Waals surface area contributed by atoms with E-state index >= 15 is 0 Å². The Bertz CT molecular complexity index is 643. The molecule has 1 amide bonds. The first-order chi connectivity index (χ1) is 13.1. The first kappa shape index (κ1) is 20.7. The Morgan fingerprint density at radius 2 is 2.00 bits per heavy atom. The van der Waals surface area contributed by atoms with Crippen LogP contribution in [0.5, 0.6) is 0 Å². The minimum Gasteiger partial charge on any atom is -0.462 e. The fourth-order valence-corrected chi connectivity index (χ4v) is 2.89. The van der Waals surface area contributed by atoms with Crippen molar-refractivity contribution in [3.63, 3.8) is 0 Å². The number of ether oxygens (including phenoxy) is 1. The molecule has 148 valence electrons. The molecule has 0 saturated carbocycles. The van der Waals surface area contributed by atoms with Crippen LogP contribution in [-0.4, -0.2) is 55.5 Å². The molecule has 1 aromatic rings. The van der Waals surface area contributed by atoms with Crippen LogP contribution in [0.15, 0.2) is 29.3 Å². The van der Waals surface area contributed by atoms with Gasteiger partial charge < -0.3 is 20.3 Å². The van der Waals surface area contributed by atoms with E-state index in [0.29, 0.717) is 25.1 Å². The lowest BCUT2D eigenvalue weighted by Gasteiger charge is -2.16. The van der Waals surface area contributed by atoms with Crippen molar-refractivity contribution in [1.29, 1.82) is 0 Å². The zero-order chi connectivity index (χ0) is 19.5. The Morgan fingerprint density at radius 3 is 2.63 bits per heavy atom. The lowest BCUT2D eigenvalue weighted by Crippen LogP contribution is -2.39. The highest BCUT2D eigenvalue weighted by Gasteiger charge is 2.18. The van der Waals surface area contributed by atoms with E-state index in [2.05, 4.69) is 15.6 Å². The number of nitrogens with zero attached hydrogens (tertiary/aromatic N) is 2. The lowest BCUT2D eigenvalue weighted by molar-refractivity contribution is -0.127. The fraction of sp³-hybridized carbons (Fsp3) is 0.550. The maximum Gasteiger partial charge on any atom is 0.338 e. The number of rotatable bonds is 9. The maximum absolute atomic E-state index is 11.7. The van der Waals surface area contributed by atoms with Crippen LogP contribution in [0.2, 0.25) is 0 Å². The predicted octanol–water partition coefficient (Wildman–Crippen LogP) is 1.93. The van der Waals surface area contributed by atoms with Gasteiger partial charge >= 0.3 is 5.97 Å². The van der Waals surface area contributed by atoms with Gasteiger partial charge in [-0.2, -0.15) is 0 Å². The summed E-state index contributed by atoms with van der Waals surface area (Å²) >= 11 is 0. The Morgan fingerprint density at radius 1 is 1.22 bits per heavy atom. The average molecular weight is 374 g/mol. The zero-order valence-corrected chi connectivity index (χ0v) is 16.3. The lowest BCUT2D eigenvalue weighted by atomic mass is 10.1. The topological polar surface area (TPSA) is 83.0 Å². The number of hydrogen-bond donors (Lipinski definition) is 2. The minimum atomic E-state index is -0.306. The van der Waals surface area contributed by atoms with Gasteiger partial charge in [0, 0.05) is 32.6 Å². The molecule has 1 aromatic carbocycles. The minimum absolute atomic E-state index is 0.266. The van der Waals surface area contributed by atoms with Crippen molar-refractivity contribution in [2.45, 2.75) is 39.7 Å². The van der Waals surface area contributed by atoms with E-state index in [1.165, 1.54) is 0 Å². The molecule has 0 unspecified atom stereocenters. The molecule has 0 bridgehead atoms. The highest BCUT2D eigenvalue weighted by Crippen LogP contribution is 2.09. The summed E-state index contributed by atoms with van der Waals surface area (Å²) in [5.41, 5.74) is 1.56. The summed E-state index contributed by atoms with van der Waals surface area (Å²) in [6.45, 7) is 7.91. The monoisotopic (exact) mass is 374 g/mol. The normalized spacial score (nSPS) is 14.4. The number of carbonyl (C=O) groups is 2. The van der Waals surface area contributed by atoms with Crippen LogP contribution in [0.4, 0.5) is 0 Å². The summed E-state index contributed by atoms with van der Waals surface area (Å²) < 4.78 is 4.99. The van der Waals surface area contributed by atoms with E-state index in [1.807, 2.05) is 24.0 Å². The van der Waals surface area contributed by atoms with Crippen molar-refractivity contribution in [2.75, 3.05) is 32.8 Å². The predicted molar refractivity (Wildman–Crippen MR) is 106 cm³/mol. The molecule has 0 spiro atoms. The van der Waals surface area contributed by atoms with Gasteiger partial charge in [0.1, 0.15) is 0 Å². The molecule has 1 fully saturated rings. The fourth-order valence-electron chi connectivity index (χ4n) is 2.89. The summed E-state index contributed by atoms with van der Waals surface area (Å²) in [6, 6.07) is 7.29. The summed E-state index contributed by atoms with van der Waals surface area (Å²) in [7, 11) is 0. The van der Waals surface area contributed by atoms with E-state index < -0.39 is 0 Å². The highest BCUT2D eigenvalue weighted by molar-refractivity contribution is 5.89.